The van der Waals surface area contributed by atoms with Crippen molar-refractivity contribution in [2.24, 2.45) is 0 Å². The highest BCUT2D eigenvalue weighted by atomic mass is 32.1. The van der Waals surface area contributed by atoms with Gasteiger partial charge in [-0.25, -0.2) is 4.98 Å². The zero-order valence-electron chi connectivity index (χ0n) is 13.7. The van der Waals surface area contributed by atoms with Gasteiger partial charge in [-0.1, -0.05) is 12.2 Å². The van der Waals surface area contributed by atoms with Crippen LogP contribution in [0.2, 0.25) is 0 Å². The lowest BCUT2D eigenvalue weighted by molar-refractivity contribution is -0.213. The molecular formula is C16H14F3N5O2S. The molecule has 0 radical (unpaired) electrons. The average molecular weight is 397 g/mol. The molecule has 3 rings (SSSR count). The van der Waals surface area contributed by atoms with E-state index in [1.165, 1.54) is 12.6 Å². The van der Waals surface area contributed by atoms with E-state index in [1.807, 2.05) is 5.32 Å². The summed E-state index contributed by atoms with van der Waals surface area (Å²) in [7, 11) is 0. The van der Waals surface area contributed by atoms with Crippen molar-refractivity contribution in [2.75, 3.05) is 6.54 Å². The number of fused-ring (bicyclic) bond motifs is 1. The number of rotatable bonds is 6. The Bertz CT molecular complexity index is 1030. The lowest BCUT2D eigenvalue weighted by Gasteiger charge is -2.16. The highest BCUT2D eigenvalue weighted by Crippen LogP contribution is 2.33. The molecule has 0 amide bonds. The Hall–Kier alpha value is -2.68. The number of H-pyrrole nitrogens is 1. The van der Waals surface area contributed by atoms with Gasteiger partial charge in [0, 0.05) is 6.54 Å². The number of hydrogen-bond acceptors (Lipinski definition) is 6. The highest BCUT2D eigenvalue weighted by molar-refractivity contribution is 7.71. The molecule has 3 aromatic rings. The first kappa shape index (κ1) is 19.1. The summed E-state index contributed by atoms with van der Waals surface area (Å²) >= 11 is 5.26. The number of nitriles is 1. The van der Waals surface area contributed by atoms with Gasteiger partial charge < -0.3 is 19.1 Å². The number of halogens is 3. The van der Waals surface area contributed by atoms with Crippen LogP contribution in [0.25, 0.3) is 22.5 Å². The number of furan rings is 1. The van der Waals surface area contributed by atoms with Crippen LogP contribution in [0.4, 0.5) is 13.2 Å². The number of nitrogens with one attached hydrogen (secondary N) is 2. The molecule has 0 bridgehead atoms. The second kappa shape index (κ2) is 7.51. The van der Waals surface area contributed by atoms with Crippen LogP contribution in [0.3, 0.4) is 0 Å². The summed E-state index contributed by atoms with van der Waals surface area (Å²) in [5.74, 6) is 0.425. The lowest BCUT2D eigenvalue weighted by atomic mass is 10.2. The van der Waals surface area contributed by atoms with E-state index in [0.29, 0.717) is 28.1 Å². The van der Waals surface area contributed by atoms with Gasteiger partial charge in [0.2, 0.25) is 6.23 Å². The summed E-state index contributed by atoms with van der Waals surface area (Å²) in [5.41, 5.74) is 1.74. The molecule has 0 aliphatic heterocycles. The van der Waals surface area contributed by atoms with Crippen LogP contribution in [0, 0.1) is 16.0 Å². The lowest BCUT2D eigenvalue weighted by Crippen LogP contribution is -2.42. The first-order valence-electron chi connectivity index (χ1n) is 7.86. The van der Waals surface area contributed by atoms with Gasteiger partial charge in [-0.3, -0.25) is 5.32 Å². The third-order valence-electron chi connectivity index (χ3n) is 3.93. The molecule has 0 aliphatic rings. The molecule has 3 N–H and O–H groups in total. The fraction of sp³-hybridized carbons (Fsp3) is 0.312. The van der Waals surface area contributed by atoms with Crippen LogP contribution in [-0.4, -0.2) is 38.6 Å². The van der Waals surface area contributed by atoms with E-state index < -0.39 is 12.4 Å². The van der Waals surface area contributed by atoms with Crippen LogP contribution in [0.5, 0.6) is 0 Å². The van der Waals surface area contributed by atoms with E-state index in [9.17, 15) is 18.4 Å². The van der Waals surface area contributed by atoms with Crippen molar-refractivity contribution in [3.63, 3.8) is 0 Å². The van der Waals surface area contributed by atoms with Crippen LogP contribution >= 0.6 is 12.2 Å². The van der Waals surface area contributed by atoms with Crippen molar-refractivity contribution in [1.29, 1.82) is 5.26 Å². The molecule has 0 saturated heterocycles. The monoisotopic (exact) mass is 397 g/mol. The summed E-state index contributed by atoms with van der Waals surface area (Å²) in [5, 5.41) is 20.6. The molecule has 3 heterocycles. The minimum absolute atomic E-state index is 0.101. The van der Waals surface area contributed by atoms with Gasteiger partial charge in [0.25, 0.3) is 0 Å². The van der Waals surface area contributed by atoms with Gasteiger partial charge in [-0.15, -0.1) is 0 Å². The number of aryl methyl sites for hydroxylation is 1. The molecule has 0 spiro atoms. The Labute approximate surface area is 156 Å². The third kappa shape index (κ3) is 3.73. The predicted octanol–water partition coefficient (Wildman–Crippen LogP) is 3.09. The standard InChI is InChI=1S/C16H14F3N5O2S/c17-16(18,19)15(25)21-4-2-5-24-12(10-3-1-6-26-10)9(7-20)11-13(24)14(27)23-8-22-11/h1,3,6,8,15,21,25H,2,4-5H2,(H,22,23,27). The fourth-order valence-corrected chi connectivity index (χ4v) is 3.06. The summed E-state index contributed by atoms with van der Waals surface area (Å²) in [6, 6.07) is 5.45. The Kier molecular flexibility index (Phi) is 5.31. The molecule has 142 valence electrons. The summed E-state index contributed by atoms with van der Waals surface area (Å²) in [6.07, 6.45) is -4.26. The number of aromatic amines is 1. The van der Waals surface area contributed by atoms with Gasteiger partial charge in [0.15, 0.2) is 10.4 Å². The van der Waals surface area contributed by atoms with E-state index in [1.54, 1.807) is 16.7 Å². The fourth-order valence-electron chi connectivity index (χ4n) is 2.79. The van der Waals surface area contributed by atoms with Gasteiger partial charge >= 0.3 is 6.18 Å². The van der Waals surface area contributed by atoms with Crippen molar-refractivity contribution in [3.8, 4) is 17.5 Å². The largest absolute Gasteiger partial charge is 0.463 e. The van der Waals surface area contributed by atoms with Crippen LogP contribution in [0.1, 0.15) is 12.0 Å². The van der Waals surface area contributed by atoms with Crippen molar-refractivity contribution in [1.82, 2.24) is 19.9 Å². The van der Waals surface area contributed by atoms with Gasteiger partial charge in [-0.2, -0.15) is 18.4 Å². The summed E-state index contributed by atoms with van der Waals surface area (Å²) in [4.78, 5) is 6.92. The normalized spacial score (nSPS) is 13.0. The smallest absolute Gasteiger partial charge is 0.427 e. The number of aliphatic hydroxyl groups excluding tert-OH is 1. The molecule has 0 fully saturated rings. The van der Waals surface area contributed by atoms with E-state index in [2.05, 4.69) is 16.0 Å². The molecule has 1 unspecified atom stereocenters. The maximum Gasteiger partial charge on any atom is 0.427 e. The SMILES string of the molecule is N#Cc1c(-c2ccco2)n(CCCNC(O)C(F)(F)F)c2c(=S)nc[nH]c12. The number of nitrogens with zero attached hydrogens (tertiary/aromatic N) is 3. The van der Waals surface area contributed by atoms with Crippen molar-refractivity contribution >= 4 is 23.3 Å². The Morgan fingerprint density at radius 2 is 2.26 bits per heavy atom. The molecule has 0 aromatic carbocycles. The second-order valence-corrected chi connectivity index (χ2v) is 6.03. The molecule has 7 nitrogen and oxygen atoms in total. The van der Waals surface area contributed by atoms with E-state index in [4.69, 9.17) is 21.7 Å². The quantitative estimate of drug-likeness (QED) is 0.336. The maximum atomic E-state index is 12.4. The number of alkyl halides is 3. The van der Waals surface area contributed by atoms with Gasteiger partial charge in [-0.05, 0) is 25.1 Å². The molecule has 27 heavy (non-hydrogen) atoms. The van der Waals surface area contributed by atoms with Crippen molar-refractivity contribution < 1.29 is 22.7 Å². The minimum Gasteiger partial charge on any atom is -0.463 e. The van der Waals surface area contributed by atoms with E-state index >= 15 is 0 Å². The predicted molar refractivity (Wildman–Crippen MR) is 92.0 cm³/mol. The molecule has 1 atom stereocenters. The molecule has 3 aromatic heterocycles. The zero-order valence-corrected chi connectivity index (χ0v) is 14.6. The molecular weight excluding hydrogens is 383 g/mol. The van der Waals surface area contributed by atoms with Crippen molar-refractivity contribution in [3.05, 3.63) is 34.9 Å². The zero-order chi connectivity index (χ0) is 19.6. The first-order chi connectivity index (χ1) is 12.8. The topological polar surface area (TPSA) is 103 Å². The van der Waals surface area contributed by atoms with Gasteiger partial charge in [0.05, 0.1) is 18.1 Å². The van der Waals surface area contributed by atoms with Crippen LogP contribution in [0.15, 0.2) is 29.1 Å². The third-order valence-corrected chi connectivity index (χ3v) is 4.23. The molecule has 11 heteroatoms. The summed E-state index contributed by atoms with van der Waals surface area (Å²) < 4.78 is 44.5. The highest BCUT2D eigenvalue weighted by Gasteiger charge is 2.37. The van der Waals surface area contributed by atoms with Crippen LogP contribution < -0.4 is 5.32 Å². The molecule has 0 saturated carbocycles. The first-order valence-corrected chi connectivity index (χ1v) is 8.27. The van der Waals surface area contributed by atoms with E-state index in [0.717, 1.165) is 0 Å². The number of aliphatic hydroxyl groups is 1. The Morgan fingerprint density at radius 3 is 2.89 bits per heavy atom. The van der Waals surface area contributed by atoms with Gasteiger partial charge in [0.1, 0.15) is 22.8 Å². The Morgan fingerprint density at radius 1 is 1.48 bits per heavy atom. The van der Waals surface area contributed by atoms with E-state index in [-0.39, 0.29) is 24.2 Å². The summed E-state index contributed by atoms with van der Waals surface area (Å²) in [6.45, 7) is 0.130. The van der Waals surface area contributed by atoms with Crippen molar-refractivity contribution in [2.45, 2.75) is 25.4 Å². The Balaban J connectivity index is 1.96. The average Bonchev–Trinajstić information content (AvgIpc) is 3.23. The minimum atomic E-state index is -4.74. The molecule has 0 aliphatic carbocycles. The number of hydrogen-bond donors (Lipinski definition) is 3. The second-order valence-electron chi connectivity index (χ2n) is 5.65. The maximum absolute atomic E-state index is 12.4. The number of aromatic nitrogens is 3. The van der Waals surface area contributed by atoms with Crippen LogP contribution in [-0.2, 0) is 6.54 Å².